The van der Waals surface area contributed by atoms with Crippen LogP contribution in [0.15, 0.2) is 42.7 Å². The maximum Gasteiger partial charge on any atom is 0.253 e. The lowest BCUT2D eigenvalue weighted by Crippen LogP contribution is -2.39. The van der Waals surface area contributed by atoms with Crippen LogP contribution in [-0.2, 0) is 0 Å². The zero-order valence-electron chi connectivity index (χ0n) is 13.1. The number of piperidine rings is 1. The van der Waals surface area contributed by atoms with E-state index in [1.54, 1.807) is 42.7 Å². The van der Waals surface area contributed by atoms with Gasteiger partial charge in [0.1, 0.15) is 10.8 Å². The number of hydrogen-bond acceptors (Lipinski definition) is 3. The second-order valence-corrected chi connectivity index (χ2v) is 6.71. The fourth-order valence-corrected chi connectivity index (χ4v) is 3.16. The zero-order chi connectivity index (χ0) is 16.9. The van der Waals surface area contributed by atoms with Crippen molar-refractivity contribution in [2.24, 2.45) is 5.92 Å². The van der Waals surface area contributed by atoms with Crippen molar-refractivity contribution in [3.8, 4) is 5.75 Å². The number of ether oxygens (including phenoxy) is 1. The van der Waals surface area contributed by atoms with E-state index in [4.69, 9.17) is 27.9 Å². The Bertz CT molecular complexity index is 716. The maximum atomic E-state index is 12.5. The number of carbonyl (C=O) groups excluding carboxylic acids is 1. The van der Waals surface area contributed by atoms with Gasteiger partial charge in [0.25, 0.3) is 5.91 Å². The Balaban J connectivity index is 1.51. The molecule has 1 aliphatic heterocycles. The van der Waals surface area contributed by atoms with Gasteiger partial charge in [-0.3, -0.25) is 9.78 Å². The first-order chi connectivity index (χ1) is 11.6. The fourth-order valence-electron chi connectivity index (χ4n) is 2.79. The van der Waals surface area contributed by atoms with Crippen molar-refractivity contribution in [3.63, 3.8) is 0 Å². The van der Waals surface area contributed by atoms with Crippen LogP contribution in [0.5, 0.6) is 5.75 Å². The lowest BCUT2D eigenvalue weighted by atomic mass is 9.97. The van der Waals surface area contributed by atoms with Crippen LogP contribution in [0, 0.1) is 5.92 Å². The van der Waals surface area contributed by atoms with Gasteiger partial charge in [-0.2, -0.15) is 0 Å². The van der Waals surface area contributed by atoms with Gasteiger partial charge < -0.3 is 9.64 Å². The minimum Gasteiger partial charge on any atom is -0.492 e. The molecule has 1 aliphatic rings. The summed E-state index contributed by atoms with van der Waals surface area (Å²) in [7, 11) is 0. The lowest BCUT2D eigenvalue weighted by Gasteiger charge is -2.32. The van der Waals surface area contributed by atoms with E-state index in [9.17, 15) is 4.79 Å². The molecule has 126 valence electrons. The molecule has 1 aromatic carbocycles. The molecule has 1 aromatic heterocycles. The molecule has 24 heavy (non-hydrogen) atoms. The number of amides is 1. The van der Waals surface area contributed by atoms with E-state index in [1.165, 1.54) is 0 Å². The summed E-state index contributed by atoms with van der Waals surface area (Å²) < 4.78 is 5.78. The standard InChI is InChI=1S/C18H18Cl2N2O2/c19-15-3-1-2-14(10-15)18(23)22-8-5-13(6-9-22)12-24-17-4-7-21-11-16(17)20/h1-4,7,10-11,13H,5-6,8-9,12H2. The second kappa shape index (κ2) is 7.86. The summed E-state index contributed by atoms with van der Waals surface area (Å²) in [6, 6.07) is 8.85. The predicted octanol–water partition coefficient (Wildman–Crippen LogP) is 4.32. The molecule has 0 unspecified atom stereocenters. The highest BCUT2D eigenvalue weighted by molar-refractivity contribution is 6.31. The van der Waals surface area contributed by atoms with Crippen LogP contribution in [0.2, 0.25) is 10.0 Å². The Kier molecular flexibility index (Phi) is 5.59. The Hall–Kier alpha value is -1.78. The molecule has 3 rings (SSSR count). The molecule has 0 radical (unpaired) electrons. The monoisotopic (exact) mass is 364 g/mol. The van der Waals surface area contributed by atoms with Crippen molar-refractivity contribution in [3.05, 3.63) is 58.3 Å². The molecule has 6 heteroatoms. The van der Waals surface area contributed by atoms with Crippen LogP contribution in [0.1, 0.15) is 23.2 Å². The van der Waals surface area contributed by atoms with Crippen LogP contribution in [0.4, 0.5) is 0 Å². The van der Waals surface area contributed by atoms with E-state index in [1.807, 2.05) is 4.90 Å². The van der Waals surface area contributed by atoms with Crippen molar-refractivity contribution >= 4 is 29.1 Å². The molecule has 1 fully saturated rings. The summed E-state index contributed by atoms with van der Waals surface area (Å²) >= 11 is 12.0. The van der Waals surface area contributed by atoms with Crippen molar-refractivity contribution in [2.75, 3.05) is 19.7 Å². The van der Waals surface area contributed by atoms with Crippen LogP contribution in [0.3, 0.4) is 0 Å². The van der Waals surface area contributed by atoms with Crippen molar-refractivity contribution < 1.29 is 9.53 Å². The molecule has 1 saturated heterocycles. The average Bonchev–Trinajstić information content (AvgIpc) is 2.61. The van der Waals surface area contributed by atoms with Gasteiger partial charge in [-0.1, -0.05) is 29.3 Å². The highest BCUT2D eigenvalue weighted by atomic mass is 35.5. The summed E-state index contributed by atoms with van der Waals surface area (Å²) in [5, 5.41) is 1.10. The van der Waals surface area contributed by atoms with Crippen molar-refractivity contribution in [2.45, 2.75) is 12.8 Å². The molecule has 0 aliphatic carbocycles. The van der Waals surface area contributed by atoms with Gasteiger partial charge in [-0.05, 0) is 37.0 Å². The van der Waals surface area contributed by atoms with E-state index in [0.717, 1.165) is 25.9 Å². The molecule has 0 N–H and O–H groups in total. The zero-order valence-corrected chi connectivity index (χ0v) is 14.6. The Labute approximate surface area is 151 Å². The third-order valence-corrected chi connectivity index (χ3v) is 4.70. The summed E-state index contributed by atoms with van der Waals surface area (Å²) in [4.78, 5) is 18.3. The third kappa shape index (κ3) is 4.19. The smallest absolute Gasteiger partial charge is 0.253 e. The van der Waals surface area contributed by atoms with Crippen LogP contribution < -0.4 is 4.74 Å². The number of benzene rings is 1. The highest BCUT2D eigenvalue weighted by Gasteiger charge is 2.24. The fraction of sp³-hybridized carbons (Fsp3) is 0.333. The van der Waals surface area contributed by atoms with Gasteiger partial charge in [0.15, 0.2) is 0 Å². The summed E-state index contributed by atoms with van der Waals surface area (Å²) in [6.07, 6.45) is 5.06. The number of pyridine rings is 1. The van der Waals surface area contributed by atoms with Crippen molar-refractivity contribution in [1.29, 1.82) is 0 Å². The lowest BCUT2D eigenvalue weighted by molar-refractivity contribution is 0.0661. The molecule has 4 nitrogen and oxygen atoms in total. The summed E-state index contributed by atoms with van der Waals surface area (Å²) in [5.74, 6) is 1.11. The van der Waals surface area contributed by atoms with Gasteiger partial charge in [-0.15, -0.1) is 0 Å². The summed E-state index contributed by atoms with van der Waals surface area (Å²) in [6.45, 7) is 2.05. The maximum absolute atomic E-state index is 12.5. The quantitative estimate of drug-likeness (QED) is 0.811. The normalized spacial score (nSPS) is 15.3. The van der Waals surface area contributed by atoms with Gasteiger partial charge in [0.05, 0.1) is 6.61 Å². The Morgan fingerprint density at radius 3 is 2.75 bits per heavy atom. The van der Waals surface area contributed by atoms with Gasteiger partial charge >= 0.3 is 0 Å². The van der Waals surface area contributed by atoms with E-state index in [2.05, 4.69) is 4.98 Å². The minimum absolute atomic E-state index is 0.0362. The largest absolute Gasteiger partial charge is 0.492 e. The van der Waals surface area contributed by atoms with Crippen LogP contribution in [0.25, 0.3) is 0 Å². The van der Waals surface area contributed by atoms with Crippen LogP contribution in [-0.4, -0.2) is 35.5 Å². The number of aromatic nitrogens is 1. The molecular weight excluding hydrogens is 347 g/mol. The number of nitrogens with zero attached hydrogens (tertiary/aromatic N) is 2. The SMILES string of the molecule is O=C(c1cccc(Cl)c1)N1CCC(COc2ccncc2Cl)CC1. The van der Waals surface area contributed by atoms with Gasteiger partial charge in [-0.25, -0.2) is 0 Å². The first-order valence-electron chi connectivity index (χ1n) is 7.90. The van der Waals surface area contributed by atoms with E-state index in [0.29, 0.717) is 33.9 Å². The third-order valence-electron chi connectivity index (χ3n) is 4.18. The van der Waals surface area contributed by atoms with E-state index < -0.39 is 0 Å². The van der Waals surface area contributed by atoms with E-state index >= 15 is 0 Å². The molecule has 2 aromatic rings. The van der Waals surface area contributed by atoms with E-state index in [-0.39, 0.29) is 5.91 Å². The first-order valence-corrected chi connectivity index (χ1v) is 8.66. The van der Waals surface area contributed by atoms with Gasteiger partial charge in [0, 0.05) is 42.1 Å². The molecule has 0 spiro atoms. The molecule has 0 atom stereocenters. The molecular formula is C18H18Cl2N2O2. The molecule has 1 amide bonds. The number of rotatable bonds is 4. The number of halogens is 2. The Morgan fingerprint density at radius 1 is 1.25 bits per heavy atom. The van der Waals surface area contributed by atoms with Gasteiger partial charge in [0.2, 0.25) is 0 Å². The number of hydrogen-bond donors (Lipinski definition) is 0. The second-order valence-electron chi connectivity index (χ2n) is 5.86. The topological polar surface area (TPSA) is 42.4 Å². The number of likely N-dealkylation sites (tertiary alicyclic amines) is 1. The first kappa shape index (κ1) is 17.1. The minimum atomic E-state index is 0.0362. The highest BCUT2D eigenvalue weighted by Crippen LogP contribution is 2.25. The van der Waals surface area contributed by atoms with Crippen molar-refractivity contribution in [1.82, 2.24) is 9.88 Å². The number of carbonyl (C=O) groups is 1. The van der Waals surface area contributed by atoms with Crippen LogP contribution >= 0.6 is 23.2 Å². The molecule has 0 saturated carbocycles. The predicted molar refractivity (Wildman–Crippen MR) is 94.8 cm³/mol. The summed E-state index contributed by atoms with van der Waals surface area (Å²) in [5.41, 5.74) is 0.640. The average molecular weight is 365 g/mol. The Morgan fingerprint density at radius 2 is 2.04 bits per heavy atom. The molecule has 0 bridgehead atoms. The molecule has 2 heterocycles.